The average molecular weight is 379 g/mol. The van der Waals surface area contributed by atoms with Crippen molar-refractivity contribution < 1.29 is 9.90 Å². The van der Waals surface area contributed by atoms with Gasteiger partial charge in [0, 0.05) is 39.4 Å². The van der Waals surface area contributed by atoms with Gasteiger partial charge in [-0.2, -0.15) is 5.10 Å². The van der Waals surface area contributed by atoms with E-state index in [1.54, 1.807) is 18.2 Å². The smallest absolute Gasteiger partial charge is 0.189 e. The number of ketones is 1. The molecule has 5 heteroatoms. The van der Waals surface area contributed by atoms with Crippen LogP contribution in [0.2, 0.25) is 5.02 Å². The lowest BCUT2D eigenvalue weighted by Crippen LogP contribution is -2.04. The molecule has 0 fully saturated rings. The quantitative estimate of drug-likeness (QED) is 0.670. The van der Waals surface area contributed by atoms with Crippen molar-refractivity contribution in [2.75, 3.05) is 0 Å². The van der Waals surface area contributed by atoms with E-state index in [1.165, 1.54) is 0 Å². The lowest BCUT2D eigenvalue weighted by molar-refractivity contribution is 0.104. The van der Waals surface area contributed by atoms with Crippen LogP contribution in [0.15, 0.2) is 48.0 Å². The highest BCUT2D eigenvalue weighted by atomic mass is 35.5. The van der Waals surface area contributed by atoms with Gasteiger partial charge in [0.15, 0.2) is 5.78 Å². The molecule has 1 aromatic heterocycles. The van der Waals surface area contributed by atoms with Crippen LogP contribution >= 0.6 is 11.6 Å². The number of phenolic OH excluding ortho intramolecular Hbond substituents is 1. The SMILES string of the molecule is Cc1nn(Cc2ccccc2Cl)c(C)c1/C=C1\Cc2c(O)cccc2C1=O. The molecule has 0 aliphatic heterocycles. The highest BCUT2D eigenvalue weighted by Crippen LogP contribution is 2.34. The molecule has 3 aromatic rings. The molecule has 1 N–H and O–H groups in total. The van der Waals surface area contributed by atoms with E-state index in [0.717, 1.165) is 22.5 Å². The largest absolute Gasteiger partial charge is 0.508 e. The minimum absolute atomic E-state index is 0.0291. The fourth-order valence-electron chi connectivity index (χ4n) is 3.57. The lowest BCUT2D eigenvalue weighted by Gasteiger charge is -2.07. The Kier molecular flexibility index (Phi) is 4.36. The number of hydrogen-bond donors (Lipinski definition) is 1. The Bertz CT molecular complexity index is 1100. The van der Waals surface area contributed by atoms with E-state index >= 15 is 0 Å². The van der Waals surface area contributed by atoms with Crippen molar-refractivity contribution >= 4 is 23.5 Å². The van der Waals surface area contributed by atoms with Crippen LogP contribution in [0, 0.1) is 13.8 Å². The summed E-state index contributed by atoms with van der Waals surface area (Å²) in [5, 5.41) is 15.4. The number of aromatic nitrogens is 2. The molecule has 0 amide bonds. The zero-order valence-electron chi connectivity index (χ0n) is 15.2. The Hall–Kier alpha value is -2.85. The van der Waals surface area contributed by atoms with Crippen LogP contribution in [0.5, 0.6) is 5.75 Å². The Balaban J connectivity index is 1.69. The van der Waals surface area contributed by atoms with Crippen molar-refractivity contribution in [1.82, 2.24) is 9.78 Å². The van der Waals surface area contributed by atoms with E-state index in [1.807, 2.05) is 48.9 Å². The third-order valence-electron chi connectivity index (χ3n) is 5.09. The summed E-state index contributed by atoms with van der Waals surface area (Å²) in [6.45, 7) is 4.50. The Morgan fingerprint density at radius 3 is 2.70 bits per heavy atom. The summed E-state index contributed by atoms with van der Waals surface area (Å²) >= 11 is 6.27. The summed E-state index contributed by atoms with van der Waals surface area (Å²) in [6.07, 6.45) is 2.35. The number of hydrogen-bond acceptors (Lipinski definition) is 3. The molecule has 0 saturated heterocycles. The van der Waals surface area contributed by atoms with Crippen LogP contribution in [0.1, 0.15) is 38.4 Å². The van der Waals surface area contributed by atoms with Crippen molar-refractivity contribution in [3.63, 3.8) is 0 Å². The molecule has 0 atom stereocenters. The van der Waals surface area contributed by atoms with Gasteiger partial charge in [-0.1, -0.05) is 41.9 Å². The van der Waals surface area contributed by atoms with Crippen molar-refractivity contribution in [3.8, 4) is 5.75 Å². The maximum absolute atomic E-state index is 12.7. The van der Waals surface area contributed by atoms with Crippen LogP contribution in [-0.4, -0.2) is 20.7 Å². The molecule has 136 valence electrons. The van der Waals surface area contributed by atoms with Crippen molar-refractivity contribution in [3.05, 3.63) is 86.7 Å². The highest BCUT2D eigenvalue weighted by Gasteiger charge is 2.27. The maximum atomic E-state index is 12.7. The van der Waals surface area contributed by atoms with E-state index in [0.29, 0.717) is 34.7 Å². The van der Waals surface area contributed by atoms with E-state index in [2.05, 4.69) is 5.10 Å². The van der Waals surface area contributed by atoms with Crippen LogP contribution in [0.4, 0.5) is 0 Å². The fourth-order valence-corrected chi connectivity index (χ4v) is 3.76. The number of aromatic hydroxyl groups is 1. The monoisotopic (exact) mass is 378 g/mol. The summed E-state index contributed by atoms with van der Waals surface area (Å²) in [5.41, 5.74) is 5.74. The van der Waals surface area contributed by atoms with E-state index in [9.17, 15) is 9.90 Å². The number of allylic oxidation sites excluding steroid dienone is 1. The second kappa shape index (κ2) is 6.71. The third kappa shape index (κ3) is 3.06. The second-order valence-corrected chi connectivity index (χ2v) is 7.22. The minimum Gasteiger partial charge on any atom is -0.508 e. The lowest BCUT2D eigenvalue weighted by atomic mass is 10.1. The number of fused-ring (bicyclic) bond motifs is 1. The van der Waals surface area contributed by atoms with Gasteiger partial charge in [-0.3, -0.25) is 9.48 Å². The predicted molar refractivity (Wildman–Crippen MR) is 106 cm³/mol. The normalized spacial score (nSPS) is 14.8. The number of phenols is 1. The molecule has 27 heavy (non-hydrogen) atoms. The number of benzene rings is 2. The molecule has 4 rings (SSSR count). The van der Waals surface area contributed by atoms with Crippen LogP contribution < -0.4 is 0 Å². The molecule has 4 nitrogen and oxygen atoms in total. The first-order valence-corrected chi connectivity index (χ1v) is 9.17. The zero-order chi connectivity index (χ0) is 19.1. The highest BCUT2D eigenvalue weighted by molar-refractivity contribution is 6.31. The van der Waals surface area contributed by atoms with E-state index < -0.39 is 0 Å². The number of nitrogens with zero attached hydrogens (tertiary/aromatic N) is 2. The fraction of sp³-hybridized carbons (Fsp3) is 0.182. The first kappa shape index (κ1) is 17.6. The van der Waals surface area contributed by atoms with Gasteiger partial charge in [0.1, 0.15) is 5.75 Å². The van der Waals surface area contributed by atoms with Gasteiger partial charge < -0.3 is 5.11 Å². The van der Waals surface area contributed by atoms with Crippen molar-refractivity contribution in [2.24, 2.45) is 0 Å². The van der Waals surface area contributed by atoms with Crippen LogP contribution in [0.25, 0.3) is 6.08 Å². The number of aryl methyl sites for hydroxylation is 1. The first-order valence-electron chi connectivity index (χ1n) is 8.79. The number of carbonyl (C=O) groups excluding carboxylic acids is 1. The van der Waals surface area contributed by atoms with E-state index in [4.69, 9.17) is 11.6 Å². The summed E-state index contributed by atoms with van der Waals surface area (Å²) in [7, 11) is 0. The second-order valence-electron chi connectivity index (χ2n) is 6.81. The standard InChI is InChI=1S/C22H19ClN2O2/c1-13-18(10-16-11-19-17(22(16)27)7-5-9-21(19)26)14(2)25(24-13)12-15-6-3-4-8-20(15)23/h3-10,26H,11-12H2,1-2H3/b16-10+. The molecule has 2 aromatic carbocycles. The van der Waals surface area contributed by atoms with E-state index in [-0.39, 0.29) is 11.5 Å². The number of halogens is 1. The van der Waals surface area contributed by atoms with Crippen molar-refractivity contribution in [2.45, 2.75) is 26.8 Å². The summed E-state index contributed by atoms with van der Waals surface area (Å²) < 4.78 is 1.91. The molecule has 0 unspecified atom stereocenters. The topological polar surface area (TPSA) is 55.1 Å². The summed E-state index contributed by atoms with van der Waals surface area (Å²) in [5.74, 6) is 0.144. The summed E-state index contributed by atoms with van der Waals surface area (Å²) in [4.78, 5) is 12.7. The maximum Gasteiger partial charge on any atom is 0.189 e. The van der Waals surface area contributed by atoms with Crippen LogP contribution in [0.3, 0.4) is 0 Å². The van der Waals surface area contributed by atoms with Gasteiger partial charge in [0.05, 0.1) is 12.2 Å². The van der Waals surface area contributed by atoms with Gasteiger partial charge in [0.25, 0.3) is 0 Å². The van der Waals surface area contributed by atoms with Gasteiger partial charge in [0.2, 0.25) is 0 Å². The average Bonchev–Trinajstić information content (AvgIpc) is 3.10. The molecule has 0 spiro atoms. The van der Waals surface area contributed by atoms with Gasteiger partial charge >= 0.3 is 0 Å². The molecule has 0 bridgehead atoms. The van der Waals surface area contributed by atoms with Gasteiger partial charge in [-0.05, 0) is 37.6 Å². The molecule has 0 radical (unpaired) electrons. The number of Topliss-reactive ketones (excluding diaryl/α,β-unsaturated/α-hetero) is 1. The molecular weight excluding hydrogens is 360 g/mol. The predicted octanol–water partition coefficient (Wildman–Crippen LogP) is 4.73. The number of carbonyl (C=O) groups is 1. The van der Waals surface area contributed by atoms with Crippen LogP contribution in [-0.2, 0) is 13.0 Å². The third-order valence-corrected chi connectivity index (χ3v) is 5.46. The molecular formula is C22H19ClN2O2. The van der Waals surface area contributed by atoms with Gasteiger partial charge in [-0.25, -0.2) is 0 Å². The van der Waals surface area contributed by atoms with Crippen molar-refractivity contribution in [1.29, 1.82) is 0 Å². The zero-order valence-corrected chi connectivity index (χ0v) is 15.9. The Morgan fingerprint density at radius 2 is 1.96 bits per heavy atom. The molecule has 0 saturated carbocycles. The molecule has 1 aliphatic carbocycles. The minimum atomic E-state index is -0.0291. The molecule has 1 aliphatic rings. The van der Waals surface area contributed by atoms with Gasteiger partial charge in [-0.15, -0.1) is 0 Å². The number of rotatable bonds is 3. The first-order chi connectivity index (χ1) is 13.0. The molecule has 1 heterocycles. The Labute approximate surface area is 162 Å². The summed E-state index contributed by atoms with van der Waals surface area (Å²) in [6, 6.07) is 12.8. The Morgan fingerprint density at radius 1 is 1.19 bits per heavy atom.